The van der Waals surface area contributed by atoms with Crippen molar-refractivity contribution in [2.24, 2.45) is 5.92 Å². The SMILES string of the molecule is CCc1ccccc1O[C@@H](C)C(=O)NCCC1CCN(C)CC1. The molecule has 23 heavy (non-hydrogen) atoms. The van der Waals surface area contributed by atoms with Crippen LogP contribution < -0.4 is 10.1 Å². The number of ether oxygens (including phenoxy) is 1. The molecule has 0 aliphatic carbocycles. The van der Waals surface area contributed by atoms with Crippen LogP contribution in [0.2, 0.25) is 0 Å². The fourth-order valence-electron chi connectivity index (χ4n) is 3.05. The maximum atomic E-state index is 12.2. The number of nitrogens with one attached hydrogen (secondary N) is 1. The highest BCUT2D eigenvalue weighted by molar-refractivity contribution is 5.80. The highest BCUT2D eigenvalue weighted by Gasteiger charge is 2.18. The molecule has 1 saturated heterocycles. The number of aryl methyl sites for hydroxylation is 1. The minimum atomic E-state index is -0.458. The zero-order valence-electron chi connectivity index (χ0n) is 14.7. The molecule has 1 aromatic rings. The molecule has 1 aliphatic rings. The molecular weight excluding hydrogens is 288 g/mol. The fraction of sp³-hybridized carbons (Fsp3) is 0.632. The van der Waals surface area contributed by atoms with Crippen molar-refractivity contribution in [3.8, 4) is 5.75 Å². The van der Waals surface area contributed by atoms with Gasteiger partial charge in [0, 0.05) is 6.54 Å². The molecule has 4 nitrogen and oxygen atoms in total. The lowest BCUT2D eigenvalue weighted by molar-refractivity contribution is -0.127. The number of para-hydroxylation sites is 1. The Bertz CT molecular complexity index is 496. The van der Waals surface area contributed by atoms with Crippen molar-refractivity contribution in [1.29, 1.82) is 0 Å². The summed E-state index contributed by atoms with van der Waals surface area (Å²) in [6.07, 6.45) is 3.99. The predicted molar refractivity (Wildman–Crippen MR) is 93.8 cm³/mol. The first-order valence-corrected chi connectivity index (χ1v) is 8.81. The molecule has 1 fully saturated rings. The average molecular weight is 318 g/mol. The highest BCUT2D eigenvalue weighted by Crippen LogP contribution is 2.20. The number of likely N-dealkylation sites (tertiary alicyclic amines) is 1. The number of carbonyl (C=O) groups is 1. The third-order valence-electron chi connectivity index (χ3n) is 4.72. The van der Waals surface area contributed by atoms with Crippen LogP contribution in [0, 0.1) is 5.92 Å². The molecule has 2 rings (SSSR count). The second-order valence-corrected chi connectivity index (χ2v) is 6.55. The van der Waals surface area contributed by atoms with E-state index in [2.05, 4.69) is 24.2 Å². The third kappa shape index (κ3) is 5.54. The number of rotatable bonds is 7. The number of benzene rings is 1. The van der Waals surface area contributed by atoms with E-state index >= 15 is 0 Å². The molecule has 0 unspecified atom stereocenters. The molecular formula is C19H30N2O2. The van der Waals surface area contributed by atoms with E-state index in [0.29, 0.717) is 0 Å². The quantitative estimate of drug-likeness (QED) is 0.840. The van der Waals surface area contributed by atoms with Gasteiger partial charge in [0.25, 0.3) is 5.91 Å². The zero-order chi connectivity index (χ0) is 16.7. The molecule has 0 radical (unpaired) electrons. The Morgan fingerprint density at radius 2 is 2.04 bits per heavy atom. The number of hydrogen-bond donors (Lipinski definition) is 1. The van der Waals surface area contributed by atoms with Gasteiger partial charge < -0.3 is 15.0 Å². The van der Waals surface area contributed by atoms with Crippen molar-refractivity contribution < 1.29 is 9.53 Å². The molecule has 0 bridgehead atoms. The maximum Gasteiger partial charge on any atom is 0.260 e. The van der Waals surface area contributed by atoms with Crippen molar-refractivity contribution in [2.45, 2.75) is 45.6 Å². The normalized spacial score (nSPS) is 17.7. The van der Waals surface area contributed by atoms with Gasteiger partial charge in [-0.25, -0.2) is 0 Å². The van der Waals surface area contributed by atoms with Gasteiger partial charge in [-0.1, -0.05) is 25.1 Å². The van der Waals surface area contributed by atoms with Gasteiger partial charge in [-0.2, -0.15) is 0 Å². The second-order valence-electron chi connectivity index (χ2n) is 6.55. The summed E-state index contributed by atoms with van der Waals surface area (Å²) in [5.74, 6) is 1.53. The van der Waals surface area contributed by atoms with Crippen molar-refractivity contribution in [2.75, 3.05) is 26.7 Å². The van der Waals surface area contributed by atoms with Crippen LogP contribution in [0.5, 0.6) is 5.75 Å². The van der Waals surface area contributed by atoms with Crippen LogP contribution in [-0.2, 0) is 11.2 Å². The van der Waals surface area contributed by atoms with Crippen LogP contribution in [-0.4, -0.2) is 43.6 Å². The molecule has 0 spiro atoms. The van der Waals surface area contributed by atoms with E-state index in [4.69, 9.17) is 4.74 Å². The lowest BCUT2D eigenvalue weighted by Gasteiger charge is -2.29. The van der Waals surface area contributed by atoms with E-state index in [1.807, 2.05) is 31.2 Å². The minimum Gasteiger partial charge on any atom is -0.481 e. The first-order chi connectivity index (χ1) is 11.1. The Labute approximate surface area is 140 Å². The summed E-state index contributed by atoms with van der Waals surface area (Å²) in [5.41, 5.74) is 1.14. The average Bonchev–Trinajstić information content (AvgIpc) is 2.57. The van der Waals surface area contributed by atoms with Crippen LogP contribution in [0.4, 0.5) is 0 Å². The summed E-state index contributed by atoms with van der Waals surface area (Å²) in [4.78, 5) is 14.6. The summed E-state index contributed by atoms with van der Waals surface area (Å²) in [5, 5.41) is 3.02. The summed E-state index contributed by atoms with van der Waals surface area (Å²) >= 11 is 0. The number of amides is 1. The lowest BCUT2D eigenvalue weighted by atomic mass is 9.94. The van der Waals surface area contributed by atoms with Crippen LogP contribution in [0.1, 0.15) is 38.7 Å². The molecule has 128 valence electrons. The highest BCUT2D eigenvalue weighted by atomic mass is 16.5. The van der Waals surface area contributed by atoms with E-state index < -0.39 is 6.10 Å². The standard InChI is InChI=1S/C19H30N2O2/c1-4-17-7-5-6-8-18(17)23-15(2)19(22)20-12-9-16-10-13-21(3)14-11-16/h5-8,15-16H,4,9-14H2,1-3H3,(H,20,22)/t15-/m0/s1. The van der Waals surface area contributed by atoms with Crippen LogP contribution in [0.15, 0.2) is 24.3 Å². The largest absolute Gasteiger partial charge is 0.481 e. The molecule has 1 N–H and O–H groups in total. The van der Waals surface area contributed by atoms with E-state index in [9.17, 15) is 4.79 Å². The Morgan fingerprint density at radius 1 is 1.35 bits per heavy atom. The first-order valence-electron chi connectivity index (χ1n) is 8.81. The van der Waals surface area contributed by atoms with Crippen LogP contribution in [0.3, 0.4) is 0 Å². The molecule has 0 saturated carbocycles. The smallest absolute Gasteiger partial charge is 0.260 e. The second kappa shape index (κ2) is 8.92. The Morgan fingerprint density at radius 3 is 2.74 bits per heavy atom. The van der Waals surface area contributed by atoms with E-state index in [1.54, 1.807) is 0 Å². The topological polar surface area (TPSA) is 41.6 Å². The monoisotopic (exact) mass is 318 g/mol. The van der Waals surface area contributed by atoms with E-state index in [1.165, 1.54) is 25.9 Å². The summed E-state index contributed by atoms with van der Waals surface area (Å²) in [6.45, 7) is 7.00. The molecule has 1 atom stereocenters. The van der Waals surface area contributed by atoms with E-state index in [-0.39, 0.29) is 5.91 Å². The van der Waals surface area contributed by atoms with Gasteiger partial charge in [-0.3, -0.25) is 4.79 Å². The summed E-state index contributed by atoms with van der Waals surface area (Å²) in [6, 6.07) is 7.92. The van der Waals surface area contributed by atoms with Gasteiger partial charge >= 0.3 is 0 Å². The zero-order valence-corrected chi connectivity index (χ0v) is 14.7. The van der Waals surface area contributed by atoms with Crippen LogP contribution in [0.25, 0.3) is 0 Å². The molecule has 1 aromatic carbocycles. The van der Waals surface area contributed by atoms with E-state index in [0.717, 1.165) is 36.6 Å². The molecule has 1 aliphatic heterocycles. The van der Waals surface area contributed by atoms with Crippen molar-refractivity contribution in [3.63, 3.8) is 0 Å². The molecule has 4 heteroatoms. The lowest BCUT2D eigenvalue weighted by Crippen LogP contribution is -2.38. The van der Waals surface area contributed by atoms with Crippen molar-refractivity contribution in [1.82, 2.24) is 10.2 Å². The Balaban J connectivity index is 1.72. The number of hydrogen-bond acceptors (Lipinski definition) is 3. The van der Waals surface area contributed by atoms with Crippen molar-refractivity contribution >= 4 is 5.91 Å². The predicted octanol–water partition coefficient (Wildman–Crippen LogP) is 2.86. The number of carbonyl (C=O) groups excluding carboxylic acids is 1. The summed E-state index contributed by atoms with van der Waals surface area (Å²) in [7, 11) is 2.17. The first kappa shape index (κ1) is 17.8. The Kier molecular flexibility index (Phi) is 6.90. The van der Waals surface area contributed by atoms with Gasteiger partial charge in [0.05, 0.1) is 0 Å². The van der Waals surface area contributed by atoms with Crippen LogP contribution >= 0.6 is 0 Å². The molecule has 1 heterocycles. The Hall–Kier alpha value is -1.55. The van der Waals surface area contributed by atoms with Gasteiger partial charge in [-0.05, 0) is 70.3 Å². The number of nitrogens with zero attached hydrogens (tertiary/aromatic N) is 1. The fourth-order valence-corrected chi connectivity index (χ4v) is 3.05. The van der Waals surface area contributed by atoms with Gasteiger partial charge in [0.15, 0.2) is 6.10 Å². The van der Waals surface area contributed by atoms with Crippen molar-refractivity contribution in [3.05, 3.63) is 29.8 Å². The minimum absolute atomic E-state index is 0.0242. The number of piperidine rings is 1. The third-order valence-corrected chi connectivity index (χ3v) is 4.72. The van der Waals surface area contributed by atoms with Gasteiger partial charge in [0.2, 0.25) is 0 Å². The molecule has 1 amide bonds. The maximum absolute atomic E-state index is 12.2. The van der Waals surface area contributed by atoms with Gasteiger partial charge in [0.1, 0.15) is 5.75 Å². The van der Waals surface area contributed by atoms with Gasteiger partial charge in [-0.15, -0.1) is 0 Å². The summed E-state index contributed by atoms with van der Waals surface area (Å²) < 4.78 is 5.84. The molecule has 0 aromatic heterocycles.